The Kier molecular flexibility index (Phi) is 3.53. The Morgan fingerprint density at radius 1 is 1.42 bits per heavy atom. The van der Waals surface area contributed by atoms with Crippen molar-refractivity contribution in [3.8, 4) is 0 Å². The van der Waals surface area contributed by atoms with Gasteiger partial charge in [-0.25, -0.2) is 0 Å². The van der Waals surface area contributed by atoms with E-state index in [1.165, 1.54) is 19.3 Å². The van der Waals surface area contributed by atoms with Crippen LogP contribution in [0.5, 0.6) is 0 Å². The van der Waals surface area contributed by atoms with Crippen molar-refractivity contribution in [2.24, 2.45) is 0 Å². The molecule has 0 radical (unpaired) electrons. The van der Waals surface area contributed by atoms with Crippen molar-refractivity contribution in [3.63, 3.8) is 0 Å². The van der Waals surface area contributed by atoms with Crippen LogP contribution in [0.3, 0.4) is 0 Å². The molecule has 1 aliphatic rings. The minimum Gasteiger partial charge on any atom is -0.387 e. The maximum atomic E-state index is 11.1. The lowest BCUT2D eigenvalue weighted by Gasteiger charge is -2.30. The van der Waals surface area contributed by atoms with E-state index < -0.39 is 0 Å². The van der Waals surface area contributed by atoms with Gasteiger partial charge in [0.25, 0.3) is 0 Å². The first-order chi connectivity index (χ1) is 5.75. The molecule has 0 saturated heterocycles. The average Bonchev–Trinajstić information content (AvgIpc) is 2.17. The second kappa shape index (κ2) is 4.45. The van der Waals surface area contributed by atoms with E-state index in [2.05, 4.69) is 0 Å². The summed E-state index contributed by atoms with van der Waals surface area (Å²) < 4.78 is 0. The molecular weight excluding hydrogens is 154 g/mol. The van der Waals surface area contributed by atoms with Gasteiger partial charge < -0.3 is 10.0 Å². The van der Waals surface area contributed by atoms with Crippen LogP contribution in [-0.2, 0) is 4.79 Å². The van der Waals surface area contributed by atoms with Gasteiger partial charge in [-0.1, -0.05) is 19.3 Å². The van der Waals surface area contributed by atoms with Crippen LogP contribution in [0.25, 0.3) is 0 Å². The van der Waals surface area contributed by atoms with Crippen molar-refractivity contribution in [1.82, 2.24) is 4.90 Å². The van der Waals surface area contributed by atoms with Gasteiger partial charge in [0.15, 0.2) is 0 Å². The number of hydrogen-bond acceptors (Lipinski definition) is 2. The third-order valence-corrected chi connectivity index (χ3v) is 2.65. The first kappa shape index (κ1) is 9.52. The number of rotatable bonds is 2. The van der Waals surface area contributed by atoms with Gasteiger partial charge >= 0.3 is 0 Å². The number of hydrogen-bond donors (Lipinski definition) is 1. The number of carbonyl (C=O) groups excluding carboxylic acids is 1. The number of carbonyl (C=O) groups is 1. The third kappa shape index (κ3) is 2.21. The zero-order valence-corrected chi connectivity index (χ0v) is 7.62. The minimum atomic E-state index is -0.354. The molecule has 0 spiro atoms. The maximum Gasteiger partial charge on any atom is 0.248 e. The van der Waals surface area contributed by atoms with Gasteiger partial charge in [-0.15, -0.1) is 0 Å². The first-order valence-corrected chi connectivity index (χ1v) is 4.62. The van der Waals surface area contributed by atoms with Crippen LogP contribution in [-0.4, -0.2) is 35.6 Å². The highest BCUT2D eigenvalue weighted by molar-refractivity contribution is 5.77. The summed E-state index contributed by atoms with van der Waals surface area (Å²) >= 11 is 0. The molecule has 0 unspecified atom stereocenters. The molecule has 3 nitrogen and oxygen atoms in total. The highest BCUT2D eigenvalue weighted by Crippen LogP contribution is 2.21. The van der Waals surface area contributed by atoms with E-state index >= 15 is 0 Å². The molecule has 1 saturated carbocycles. The predicted molar refractivity (Wildman–Crippen MR) is 46.7 cm³/mol. The van der Waals surface area contributed by atoms with Crippen LogP contribution in [0.15, 0.2) is 0 Å². The molecule has 0 aromatic carbocycles. The van der Waals surface area contributed by atoms with E-state index in [-0.39, 0.29) is 12.5 Å². The van der Waals surface area contributed by atoms with Crippen molar-refractivity contribution in [1.29, 1.82) is 0 Å². The number of aliphatic hydroxyl groups is 1. The van der Waals surface area contributed by atoms with Crippen molar-refractivity contribution in [2.45, 2.75) is 38.1 Å². The van der Waals surface area contributed by atoms with E-state index in [0.717, 1.165) is 12.8 Å². The van der Waals surface area contributed by atoms with Gasteiger partial charge in [-0.2, -0.15) is 0 Å². The summed E-state index contributed by atoms with van der Waals surface area (Å²) in [7, 11) is 1.79. The Labute approximate surface area is 73.4 Å². The fourth-order valence-corrected chi connectivity index (χ4v) is 1.78. The van der Waals surface area contributed by atoms with Crippen LogP contribution >= 0.6 is 0 Å². The molecule has 0 aliphatic heterocycles. The smallest absolute Gasteiger partial charge is 0.248 e. The summed E-state index contributed by atoms with van der Waals surface area (Å²) in [6, 6.07) is 0.374. The molecular formula is C9H17NO2. The Hall–Kier alpha value is -0.570. The minimum absolute atomic E-state index is 0.151. The summed E-state index contributed by atoms with van der Waals surface area (Å²) in [5.74, 6) is -0.151. The molecule has 0 atom stereocenters. The molecule has 70 valence electrons. The molecule has 12 heavy (non-hydrogen) atoms. The van der Waals surface area contributed by atoms with Crippen LogP contribution in [0.4, 0.5) is 0 Å². The Balaban J connectivity index is 2.39. The van der Waals surface area contributed by atoms with Crippen molar-refractivity contribution < 1.29 is 9.90 Å². The van der Waals surface area contributed by atoms with E-state index in [0.29, 0.717) is 6.04 Å². The molecule has 0 aromatic rings. The number of aliphatic hydroxyl groups excluding tert-OH is 1. The monoisotopic (exact) mass is 171 g/mol. The average molecular weight is 171 g/mol. The fourth-order valence-electron chi connectivity index (χ4n) is 1.78. The van der Waals surface area contributed by atoms with Crippen LogP contribution < -0.4 is 0 Å². The highest BCUT2D eigenvalue weighted by Gasteiger charge is 2.20. The maximum absolute atomic E-state index is 11.1. The fraction of sp³-hybridized carbons (Fsp3) is 0.889. The molecule has 1 fully saturated rings. The summed E-state index contributed by atoms with van der Waals surface area (Å²) in [4.78, 5) is 12.8. The second-order valence-electron chi connectivity index (χ2n) is 3.45. The summed E-state index contributed by atoms with van der Waals surface area (Å²) in [5, 5.41) is 8.64. The Bertz CT molecular complexity index is 153. The Morgan fingerprint density at radius 3 is 2.50 bits per heavy atom. The van der Waals surface area contributed by atoms with Gasteiger partial charge in [-0.05, 0) is 12.8 Å². The quantitative estimate of drug-likeness (QED) is 0.666. The zero-order valence-electron chi connectivity index (χ0n) is 7.62. The van der Waals surface area contributed by atoms with Gasteiger partial charge in [0.05, 0.1) is 0 Å². The van der Waals surface area contributed by atoms with Gasteiger partial charge in [0.1, 0.15) is 6.61 Å². The number of amides is 1. The third-order valence-electron chi connectivity index (χ3n) is 2.65. The lowest BCUT2D eigenvalue weighted by Crippen LogP contribution is -2.39. The highest BCUT2D eigenvalue weighted by atomic mass is 16.3. The molecule has 0 aromatic heterocycles. The number of nitrogens with zero attached hydrogens (tertiary/aromatic N) is 1. The van der Waals surface area contributed by atoms with Crippen LogP contribution in [0.1, 0.15) is 32.1 Å². The van der Waals surface area contributed by atoms with Crippen molar-refractivity contribution >= 4 is 5.91 Å². The first-order valence-electron chi connectivity index (χ1n) is 4.62. The van der Waals surface area contributed by atoms with E-state index in [1.807, 2.05) is 0 Å². The lowest BCUT2D eigenvalue weighted by molar-refractivity contribution is -0.135. The van der Waals surface area contributed by atoms with Crippen LogP contribution in [0, 0.1) is 0 Å². The Morgan fingerprint density at radius 2 is 2.00 bits per heavy atom. The van der Waals surface area contributed by atoms with E-state index in [9.17, 15) is 4.79 Å². The molecule has 1 rings (SSSR count). The molecule has 1 aliphatic carbocycles. The summed E-state index contributed by atoms with van der Waals surface area (Å²) in [6.07, 6.45) is 5.92. The molecule has 0 bridgehead atoms. The second-order valence-corrected chi connectivity index (χ2v) is 3.45. The SMILES string of the molecule is CN(C(=O)CO)C1CCCCC1. The number of likely N-dealkylation sites (N-methyl/N-ethyl adjacent to an activating group) is 1. The molecule has 0 heterocycles. The van der Waals surface area contributed by atoms with Crippen molar-refractivity contribution in [3.05, 3.63) is 0 Å². The lowest BCUT2D eigenvalue weighted by atomic mass is 9.94. The van der Waals surface area contributed by atoms with E-state index in [4.69, 9.17) is 5.11 Å². The summed E-state index contributed by atoms with van der Waals surface area (Å²) in [6.45, 7) is -0.354. The van der Waals surface area contributed by atoms with Crippen molar-refractivity contribution in [2.75, 3.05) is 13.7 Å². The standard InChI is InChI=1S/C9H17NO2/c1-10(9(12)7-11)8-5-3-2-4-6-8/h8,11H,2-7H2,1H3. The zero-order chi connectivity index (χ0) is 8.97. The normalized spacial score (nSPS) is 19.2. The summed E-state index contributed by atoms with van der Waals surface area (Å²) in [5.41, 5.74) is 0. The molecule has 3 heteroatoms. The van der Waals surface area contributed by atoms with Crippen LogP contribution in [0.2, 0.25) is 0 Å². The topological polar surface area (TPSA) is 40.5 Å². The largest absolute Gasteiger partial charge is 0.387 e. The predicted octanol–water partition coefficient (Wildman–Crippen LogP) is 0.770. The van der Waals surface area contributed by atoms with Gasteiger partial charge in [0.2, 0.25) is 5.91 Å². The molecule has 1 N–H and O–H groups in total. The molecule has 1 amide bonds. The van der Waals surface area contributed by atoms with E-state index in [1.54, 1.807) is 11.9 Å². The van der Waals surface area contributed by atoms with Gasteiger partial charge in [0, 0.05) is 13.1 Å². The van der Waals surface area contributed by atoms with Gasteiger partial charge in [-0.3, -0.25) is 4.79 Å².